The zero-order valence-corrected chi connectivity index (χ0v) is 13.5. The maximum absolute atomic E-state index is 5.73. The van der Waals surface area contributed by atoms with Gasteiger partial charge in [-0.1, -0.05) is 30.3 Å². The van der Waals surface area contributed by atoms with Crippen molar-refractivity contribution in [2.45, 2.75) is 18.5 Å². The molecule has 2 saturated heterocycles. The first kappa shape index (κ1) is 14.4. The average molecular weight is 315 g/mol. The highest BCUT2D eigenvalue weighted by atomic mass is 32.1. The number of nitrogens with zero attached hydrogens (tertiary/aromatic N) is 1. The third-order valence-electron chi connectivity index (χ3n) is 4.74. The molecular formula is C18H21NO2S. The topological polar surface area (TPSA) is 21.7 Å². The Balaban J connectivity index is 1.52. The van der Waals surface area contributed by atoms with Gasteiger partial charge in [0.2, 0.25) is 0 Å². The summed E-state index contributed by atoms with van der Waals surface area (Å²) in [5.74, 6) is 0. The quantitative estimate of drug-likeness (QED) is 0.866. The van der Waals surface area contributed by atoms with E-state index in [2.05, 4.69) is 46.7 Å². The number of rotatable bonds is 3. The second kappa shape index (κ2) is 6.13. The van der Waals surface area contributed by atoms with Crippen LogP contribution < -0.4 is 0 Å². The molecule has 4 heteroatoms. The second-order valence-corrected chi connectivity index (χ2v) is 7.16. The molecular weight excluding hydrogens is 294 g/mol. The summed E-state index contributed by atoms with van der Waals surface area (Å²) in [7, 11) is 0. The number of ether oxygens (including phenoxy) is 2. The van der Waals surface area contributed by atoms with Crippen LogP contribution >= 0.6 is 11.3 Å². The largest absolute Gasteiger partial charge is 0.379 e. The summed E-state index contributed by atoms with van der Waals surface area (Å²) in [5, 5.41) is 2.27. The summed E-state index contributed by atoms with van der Waals surface area (Å²) in [6.45, 7) is 5.32. The van der Waals surface area contributed by atoms with E-state index >= 15 is 0 Å². The van der Waals surface area contributed by atoms with E-state index < -0.39 is 0 Å². The maximum atomic E-state index is 5.73. The van der Waals surface area contributed by atoms with Gasteiger partial charge in [0.25, 0.3) is 0 Å². The molecule has 4 rings (SSSR count). The predicted molar refractivity (Wildman–Crippen MR) is 89.2 cm³/mol. The van der Waals surface area contributed by atoms with Gasteiger partial charge in [-0.3, -0.25) is 4.90 Å². The fourth-order valence-electron chi connectivity index (χ4n) is 3.41. The van der Waals surface area contributed by atoms with Crippen LogP contribution in [0.15, 0.2) is 41.8 Å². The van der Waals surface area contributed by atoms with Crippen molar-refractivity contribution in [2.75, 3.05) is 33.0 Å². The molecule has 3 heterocycles. The van der Waals surface area contributed by atoms with Gasteiger partial charge in [-0.25, -0.2) is 0 Å². The van der Waals surface area contributed by atoms with E-state index in [9.17, 15) is 0 Å². The second-order valence-electron chi connectivity index (χ2n) is 6.17. The lowest BCUT2D eigenvalue weighted by molar-refractivity contribution is -0.0745. The molecule has 3 nitrogen and oxygen atoms in total. The van der Waals surface area contributed by atoms with Gasteiger partial charge in [0, 0.05) is 24.6 Å². The predicted octanol–water partition coefficient (Wildman–Crippen LogP) is 3.41. The van der Waals surface area contributed by atoms with Gasteiger partial charge < -0.3 is 9.47 Å². The molecule has 2 aliphatic rings. The van der Waals surface area contributed by atoms with Gasteiger partial charge >= 0.3 is 0 Å². The van der Waals surface area contributed by atoms with E-state index in [1.807, 2.05) is 11.3 Å². The fraction of sp³-hybridized carbons (Fsp3) is 0.444. The van der Waals surface area contributed by atoms with Crippen LogP contribution in [0.4, 0.5) is 0 Å². The van der Waals surface area contributed by atoms with Crippen LogP contribution in [0.3, 0.4) is 0 Å². The number of hydrogen-bond acceptors (Lipinski definition) is 4. The lowest BCUT2D eigenvalue weighted by atomic mass is 9.95. The standard InChI is InChI=1S/C18H21NO2S/c1-2-4-15(5-3-1)16-10-17(22-12-16)11-19-7-9-21-14-18(19)6-8-20-13-18/h1-5,10,12H,6-9,11,13-14H2. The monoisotopic (exact) mass is 315 g/mol. The molecule has 116 valence electrons. The minimum atomic E-state index is 0.106. The third-order valence-corrected chi connectivity index (χ3v) is 5.66. The third kappa shape index (κ3) is 2.72. The zero-order chi connectivity index (χ0) is 14.8. The van der Waals surface area contributed by atoms with Crippen molar-refractivity contribution in [2.24, 2.45) is 0 Å². The molecule has 2 aromatic rings. The molecule has 0 N–H and O–H groups in total. The van der Waals surface area contributed by atoms with Crippen LogP contribution in [-0.4, -0.2) is 43.4 Å². The van der Waals surface area contributed by atoms with Crippen LogP contribution in [0.25, 0.3) is 11.1 Å². The smallest absolute Gasteiger partial charge is 0.0704 e. The Morgan fingerprint density at radius 2 is 1.86 bits per heavy atom. The lowest BCUT2D eigenvalue weighted by Gasteiger charge is -2.43. The Hall–Kier alpha value is -1.20. The van der Waals surface area contributed by atoms with E-state index in [4.69, 9.17) is 9.47 Å². The summed E-state index contributed by atoms with van der Waals surface area (Å²) >= 11 is 1.86. The average Bonchev–Trinajstić information content (AvgIpc) is 3.21. The molecule has 22 heavy (non-hydrogen) atoms. The Bertz CT molecular complexity index is 619. The van der Waals surface area contributed by atoms with Gasteiger partial charge in [-0.15, -0.1) is 11.3 Å². The fourth-order valence-corrected chi connectivity index (χ4v) is 4.31. The van der Waals surface area contributed by atoms with Crippen LogP contribution in [0.1, 0.15) is 11.3 Å². The van der Waals surface area contributed by atoms with E-state index in [0.29, 0.717) is 0 Å². The van der Waals surface area contributed by atoms with Crippen LogP contribution in [-0.2, 0) is 16.0 Å². The number of morpholine rings is 1. The Labute approximate surface area is 135 Å². The molecule has 0 saturated carbocycles. The molecule has 0 aliphatic carbocycles. The Morgan fingerprint density at radius 1 is 1.05 bits per heavy atom. The SMILES string of the molecule is c1ccc(-c2csc(CN3CCOCC34CCOC4)c2)cc1. The van der Waals surface area contributed by atoms with E-state index in [1.54, 1.807) is 0 Å². The van der Waals surface area contributed by atoms with E-state index in [-0.39, 0.29) is 5.54 Å². The summed E-state index contributed by atoms with van der Waals surface area (Å²) in [6.07, 6.45) is 1.09. The van der Waals surface area contributed by atoms with Crippen LogP contribution in [0, 0.1) is 0 Å². The molecule has 2 aliphatic heterocycles. The zero-order valence-electron chi connectivity index (χ0n) is 12.7. The van der Waals surface area contributed by atoms with Gasteiger partial charge in [-0.05, 0) is 29.0 Å². The first-order valence-corrected chi connectivity index (χ1v) is 8.77. The first-order valence-electron chi connectivity index (χ1n) is 7.89. The van der Waals surface area contributed by atoms with Gasteiger partial charge in [0.05, 0.1) is 25.4 Å². The first-order chi connectivity index (χ1) is 10.9. The lowest BCUT2D eigenvalue weighted by Crippen LogP contribution is -2.56. The molecule has 1 aromatic carbocycles. The summed E-state index contributed by atoms with van der Waals surface area (Å²) < 4.78 is 11.4. The van der Waals surface area contributed by atoms with Gasteiger partial charge in [0.15, 0.2) is 0 Å². The van der Waals surface area contributed by atoms with Crippen molar-refractivity contribution in [3.63, 3.8) is 0 Å². The molecule has 1 unspecified atom stereocenters. The van der Waals surface area contributed by atoms with Crippen molar-refractivity contribution >= 4 is 11.3 Å². The van der Waals surface area contributed by atoms with Crippen LogP contribution in [0.5, 0.6) is 0 Å². The van der Waals surface area contributed by atoms with Gasteiger partial charge in [0.1, 0.15) is 0 Å². The van der Waals surface area contributed by atoms with Crippen molar-refractivity contribution in [1.82, 2.24) is 4.90 Å². The number of hydrogen-bond donors (Lipinski definition) is 0. The minimum Gasteiger partial charge on any atom is -0.379 e. The van der Waals surface area contributed by atoms with Crippen molar-refractivity contribution in [3.05, 3.63) is 46.7 Å². The Morgan fingerprint density at radius 3 is 2.68 bits per heavy atom. The number of thiophene rings is 1. The Kier molecular flexibility index (Phi) is 4.01. The summed E-state index contributed by atoms with van der Waals surface area (Å²) in [4.78, 5) is 4.00. The van der Waals surface area contributed by atoms with E-state index in [0.717, 1.165) is 45.9 Å². The minimum absolute atomic E-state index is 0.106. The highest BCUT2D eigenvalue weighted by Gasteiger charge is 2.43. The van der Waals surface area contributed by atoms with Crippen molar-refractivity contribution in [1.29, 1.82) is 0 Å². The molecule has 2 fully saturated rings. The molecule has 0 amide bonds. The molecule has 1 spiro atoms. The summed E-state index contributed by atoms with van der Waals surface area (Å²) in [5.41, 5.74) is 2.73. The molecule has 0 bridgehead atoms. The molecule has 1 aromatic heterocycles. The van der Waals surface area contributed by atoms with E-state index in [1.165, 1.54) is 16.0 Å². The normalized spacial score (nSPS) is 25.8. The number of benzene rings is 1. The summed E-state index contributed by atoms with van der Waals surface area (Å²) in [6, 6.07) is 12.9. The van der Waals surface area contributed by atoms with Crippen LogP contribution in [0.2, 0.25) is 0 Å². The highest BCUT2D eigenvalue weighted by Crippen LogP contribution is 2.33. The van der Waals surface area contributed by atoms with Crippen molar-refractivity contribution in [3.8, 4) is 11.1 Å². The highest BCUT2D eigenvalue weighted by molar-refractivity contribution is 7.10. The van der Waals surface area contributed by atoms with Gasteiger partial charge in [-0.2, -0.15) is 0 Å². The molecule has 0 radical (unpaired) electrons. The maximum Gasteiger partial charge on any atom is 0.0704 e. The molecule has 1 atom stereocenters. The van der Waals surface area contributed by atoms with Crippen molar-refractivity contribution < 1.29 is 9.47 Å².